The van der Waals surface area contributed by atoms with Crippen LogP contribution in [0.4, 0.5) is 5.69 Å². The summed E-state index contributed by atoms with van der Waals surface area (Å²) in [5.74, 6) is -0.473. The zero-order valence-corrected chi connectivity index (χ0v) is 17.4. The van der Waals surface area contributed by atoms with E-state index in [0.29, 0.717) is 15.7 Å². The molecule has 1 aromatic heterocycles. The molecule has 0 aliphatic rings. The van der Waals surface area contributed by atoms with Gasteiger partial charge < -0.3 is 15.4 Å². The molecule has 0 radical (unpaired) electrons. The number of rotatable bonds is 2. The summed E-state index contributed by atoms with van der Waals surface area (Å²) >= 11 is 12.1. The Morgan fingerprint density at radius 3 is 2.47 bits per heavy atom. The van der Waals surface area contributed by atoms with Gasteiger partial charge >= 0.3 is 0 Å². The highest BCUT2D eigenvalue weighted by molar-refractivity contribution is 6.32. The molecule has 0 saturated heterocycles. The van der Waals surface area contributed by atoms with Crippen LogP contribution in [-0.2, 0) is 0 Å². The molecule has 5 aromatic rings. The fourth-order valence-electron chi connectivity index (χ4n) is 3.84. The predicted octanol–water partition coefficient (Wildman–Crippen LogP) is 7.05. The first-order valence-electron chi connectivity index (χ1n) is 9.35. The molecule has 0 unspecified atom stereocenters. The van der Waals surface area contributed by atoms with Crippen molar-refractivity contribution < 1.29 is 9.90 Å². The van der Waals surface area contributed by atoms with E-state index in [1.165, 1.54) is 0 Å². The molecule has 4 aromatic carbocycles. The number of phenolic OH excluding ortho intramolecular Hbond substituents is 1. The Morgan fingerprint density at radius 1 is 0.900 bits per heavy atom. The number of aromatic hydroxyl groups is 1. The third kappa shape index (κ3) is 3.05. The number of aromatic amines is 1. The summed E-state index contributed by atoms with van der Waals surface area (Å²) in [4.78, 5) is 16.2. The van der Waals surface area contributed by atoms with Gasteiger partial charge in [-0.05, 0) is 66.4 Å². The van der Waals surface area contributed by atoms with Crippen LogP contribution in [0.1, 0.15) is 15.9 Å². The van der Waals surface area contributed by atoms with Crippen molar-refractivity contribution in [1.29, 1.82) is 0 Å². The average molecular weight is 435 g/mol. The molecule has 6 heteroatoms. The molecule has 0 saturated carbocycles. The topological polar surface area (TPSA) is 65.1 Å². The van der Waals surface area contributed by atoms with E-state index in [-0.39, 0.29) is 17.2 Å². The normalized spacial score (nSPS) is 11.4. The van der Waals surface area contributed by atoms with Crippen molar-refractivity contribution in [1.82, 2.24) is 4.98 Å². The number of carbonyl (C=O) groups is 1. The van der Waals surface area contributed by atoms with E-state index >= 15 is 0 Å². The second-order valence-electron chi connectivity index (χ2n) is 7.31. The van der Waals surface area contributed by atoms with E-state index in [0.717, 1.165) is 38.1 Å². The highest BCUT2D eigenvalue weighted by atomic mass is 35.5. The number of aryl methyl sites for hydroxylation is 1. The molecule has 5 rings (SSSR count). The van der Waals surface area contributed by atoms with Crippen molar-refractivity contribution in [3.05, 3.63) is 81.8 Å². The largest absolute Gasteiger partial charge is 0.507 e. The Labute approximate surface area is 182 Å². The Bertz CT molecular complexity index is 1490. The average Bonchev–Trinajstić information content (AvgIpc) is 3.08. The fraction of sp³-hybridized carbons (Fsp3) is 0.0417. The van der Waals surface area contributed by atoms with Crippen LogP contribution in [-0.4, -0.2) is 16.0 Å². The van der Waals surface area contributed by atoms with Gasteiger partial charge in [0.05, 0.1) is 11.1 Å². The molecule has 0 fully saturated rings. The molecular weight excluding hydrogens is 419 g/mol. The highest BCUT2D eigenvalue weighted by Gasteiger charge is 2.16. The maximum Gasteiger partial charge on any atom is 0.259 e. The number of hydrogen-bond acceptors (Lipinski definition) is 2. The van der Waals surface area contributed by atoms with Gasteiger partial charge in [0.2, 0.25) is 0 Å². The minimum absolute atomic E-state index is 0.0872. The quantitative estimate of drug-likeness (QED) is 0.278. The van der Waals surface area contributed by atoms with Crippen molar-refractivity contribution in [3.63, 3.8) is 0 Å². The molecule has 30 heavy (non-hydrogen) atoms. The fourth-order valence-corrected chi connectivity index (χ4v) is 4.24. The predicted molar refractivity (Wildman–Crippen MR) is 124 cm³/mol. The van der Waals surface area contributed by atoms with Crippen LogP contribution in [0.2, 0.25) is 10.0 Å². The van der Waals surface area contributed by atoms with Gasteiger partial charge in [0, 0.05) is 37.4 Å². The van der Waals surface area contributed by atoms with Crippen LogP contribution < -0.4 is 5.32 Å². The molecule has 0 bridgehead atoms. The number of amides is 1. The van der Waals surface area contributed by atoms with Gasteiger partial charge in [-0.25, -0.2) is 0 Å². The summed E-state index contributed by atoms with van der Waals surface area (Å²) in [5, 5.41) is 18.4. The van der Waals surface area contributed by atoms with Gasteiger partial charge in [0.15, 0.2) is 0 Å². The summed E-state index contributed by atoms with van der Waals surface area (Å²) in [6, 6.07) is 18.2. The van der Waals surface area contributed by atoms with Crippen LogP contribution in [0, 0.1) is 6.92 Å². The van der Waals surface area contributed by atoms with E-state index in [9.17, 15) is 9.90 Å². The van der Waals surface area contributed by atoms with Crippen LogP contribution in [0.25, 0.3) is 32.6 Å². The van der Waals surface area contributed by atoms with Crippen LogP contribution in [0.5, 0.6) is 5.75 Å². The second kappa shape index (κ2) is 6.94. The number of carbonyl (C=O) groups excluding carboxylic acids is 1. The van der Waals surface area contributed by atoms with E-state index in [4.69, 9.17) is 23.2 Å². The number of benzene rings is 4. The van der Waals surface area contributed by atoms with Crippen molar-refractivity contribution >= 4 is 67.4 Å². The maximum atomic E-state index is 12.8. The van der Waals surface area contributed by atoms with E-state index in [1.54, 1.807) is 30.3 Å². The molecular formula is C24H16Cl2N2O2. The third-order valence-electron chi connectivity index (χ3n) is 5.35. The zero-order chi connectivity index (χ0) is 21.0. The van der Waals surface area contributed by atoms with Gasteiger partial charge in [-0.1, -0.05) is 35.3 Å². The minimum atomic E-state index is -0.386. The highest BCUT2D eigenvalue weighted by Crippen LogP contribution is 2.35. The van der Waals surface area contributed by atoms with E-state index < -0.39 is 0 Å². The van der Waals surface area contributed by atoms with Crippen molar-refractivity contribution in [2.45, 2.75) is 6.92 Å². The Balaban J connectivity index is 1.62. The molecule has 0 atom stereocenters. The molecule has 0 aliphatic heterocycles. The first kappa shape index (κ1) is 18.8. The zero-order valence-electron chi connectivity index (χ0n) is 15.9. The van der Waals surface area contributed by atoms with Crippen molar-refractivity contribution in [2.75, 3.05) is 5.32 Å². The maximum absolute atomic E-state index is 12.8. The molecule has 1 heterocycles. The van der Waals surface area contributed by atoms with Gasteiger partial charge in [-0.3, -0.25) is 4.79 Å². The lowest BCUT2D eigenvalue weighted by molar-refractivity contribution is 0.102. The molecule has 4 nitrogen and oxygen atoms in total. The van der Waals surface area contributed by atoms with Gasteiger partial charge in [-0.15, -0.1) is 0 Å². The molecule has 1 amide bonds. The Kier molecular flexibility index (Phi) is 4.35. The van der Waals surface area contributed by atoms with Gasteiger partial charge in [0.1, 0.15) is 5.75 Å². The van der Waals surface area contributed by atoms with Crippen molar-refractivity contribution in [3.8, 4) is 5.75 Å². The molecule has 3 N–H and O–H groups in total. The summed E-state index contributed by atoms with van der Waals surface area (Å²) in [7, 11) is 0. The van der Waals surface area contributed by atoms with Gasteiger partial charge in [-0.2, -0.15) is 0 Å². The summed E-state index contributed by atoms with van der Waals surface area (Å²) < 4.78 is 0. The molecule has 0 spiro atoms. The second-order valence-corrected chi connectivity index (χ2v) is 8.18. The minimum Gasteiger partial charge on any atom is -0.507 e. The number of phenols is 1. The lowest BCUT2D eigenvalue weighted by atomic mass is 10.0. The molecule has 0 aliphatic carbocycles. The third-order valence-corrected chi connectivity index (χ3v) is 5.82. The number of aromatic nitrogens is 1. The molecule has 148 valence electrons. The van der Waals surface area contributed by atoms with E-state index in [2.05, 4.69) is 10.3 Å². The Hall–Kier alpha value is -3.21. The lowest BCUT2D eigenvalue weighted by Crippen LogP contribution is -2.13. The number of halogens is 2. The smallest absolute Gasteiger partial charge is 0.259 e. The number of H-pyrrole nitrogens is 1. The number of anilines is 1. The van der Waals surface area contributed by atoms with Crippen LogP contribution in [0.15, 0.2) is 60.7 Å². The summed E-state index contributed by atoms with van der Waals surface area (Å²) in [5.41, 5.74) is 3.54. The SMILES string of the molecule is Cc1cc(Cl)ccc1NC(=O)c1cc2ccc3c4cc(Cl)ccc4[nH]c3c2cc1O. The number of fused-ring (bicyclic) bond motifs is 5. The van der Waals surface area contributed by atoms with Gasteiger partial charge in [0.25, 0.3) is 5.91 Å². The summed E-state index contributed by atoms with van der Waals surface area (Å²) in [6.07, 6.45) is 0. The van der Waals surface area contributed by atoms with Crippen molar-refractivity contribution in [2.24, 2.45) is 0 Å². The standard InChI is InChI=1S/C24H16Cl2N2O2/c1-12-8-14(25)3-6-20(12)28-24(30)19-9-13-2-5-16-18-10-15(26)4-7-21(18)27-23(16)17(13)11-22(19)29/h2-11,27,29H,1H3,(H,28,30). The van der Waals surface area contributed by atoms with E-state index in [1.807, 2.05) is 37.3 Å². The number of nitrogens with one attached hydrogen (secondary N) is 2. The lowest BCUT2D eigenvalue weighted by Gasteiger charge is -2.11. The van der Waals surface area contributed by atoms with Crippen LogP contribution >= 0.6 is 23.2 Å². The monoisotopic (exact) mass is 434 g/mol. The van der Waals surface area contributed by atoms with Crippen LogP contribution in [0.3, 0.4) is 0 Å². The summed E-state index contributed by atoms with van der Waals surface area (Å²) in [6.45, 7) is 1.86. The first-order valence-corrected chi connectivity index (χ1v) is 10.1. The first-order chi connectivity index (χ1) is 14.4. The Morgan fingerprint density at radius 2 is 1.67 bits per heavy atom. The number of hydrogen-bond donors (Lipinski definition) is 3.